The summed E-state index contributed by atoms with van der Waals surface area (Å²) in [6.07, 6.45) is 0. The number of phenols is 1. The van der Waals surface area contributed by atoms with E-state index in [1.807, 2.05) is 54.6 Å². The number of amides is 1. The van der Waals surface area contributed by atoms with E-state index in [1.54, 1.807) is 6.92 Å². The molecule has 1 amide bonds. The molecule has 0 atom stereocenters. The third kappa shape index (κ3) is 4.10. The van der Waals surface area contributed by atoms with E-state index in [0.29, 0.717) is 10.7 Å². The smallest absolute Gasteiger partial charge is 0.275 e. The van der Waals surface area contributed by atoms with Crippen molar-refractivity contribution in [1.29, 1.82) is 0 Å². The fraction of sp³-hybridized carbons (Fsp3) is 0.0476. The van der Waals surface area contributed by atoms with Crippen molar-refractivity contribution in [2.75, 3.05) is 0 Å². The summed E-state index contributed by atoms with van der Waals surface area (Å²) in [6.45, 7) is 1.80. The minimum atomic E-state index is -0.523. The highest BCUT2D eigenvalue weighted by Gasteiger charge is 2.11. The van der Waals surface area contributed by atoms with Crippen LogP contribution in [0.2, 0.25) is 5.02 Å². The Morgan fingerprint density at radius 3 is 2.31 bits per heavy atom. The molecule has 0 heterocycles. The molecule has 3 aromatic rings. The van der Waals surface area contributed by atoms with Crippen molar-refractivity contribution in [3.05, 3.63) is 88.9 Å². The number of halogens is 1. The molecule has 0 aliphatic carbocycles. The predicted octanol–water partition coefficient (Wildman–Crippen LogP) is 4.87. The number of nitrogens with one attached hydrogen (secondary N) is 1. The Kier molecular flexibility index (Phi) is 5.34. The Labute approximate surface area is 156 Å². The largest absolute Gasteiger partial charge is 0.507 e. The number of hydrogen-bond acceptors (Lipinski definition) is 3. The number of carbonyl (C=O) groups is 1. The van der Waals surface area contributed by atoms with E-state index in [4.69, 9.17) is 11.6 Å². The fourth-order valence-electron chi connectivity index (χ4n) is 2.48. The molecule has 130 valence electrons. The van der Waals surface area contributed by atoms with E-state index in [2.05, 4.69) is 10.5 Å². The van der Waals surface area contributed by atoms with Crippen LogP contribution >= 0.6 is 11.6 Å². The molecular weight excluding hydrogens is 348 g/mol. The Bertz CT molecular complexity index is 952. The summed E-state index contributed by atoms with van der Waals surface area (Å²) in [5.41, 5.74) is 6.30. The zero-order valence-electron chi connectivity index (χ0n) is 14.1. The van der Waals surface area contributed by atoms with Gasteiger partial charge in [-0.15, -0.1) is 0 Å². The maximum atomic E-state index is 12.2. The predicted molar refractivity (Wildman–Crippen MR) is 105 cm³/mol. The lowest BCUT2D eigenvalue weighted by Crippen LogP contribution is -2.19. The molecule has 4 nitrogen and oxygen atoms in total. The average Bonchev–Trinajstić information content (AvgIpc) is 2.68. The highest BCUT2D eigenvalue weighted by Crippen LogP contribution is 2.21. The minimum absolute atomic E-state index is 0.0773. The third-order valence-corrected chi connectivity index (χ3v) is 4.17. The summed E-state index contributed by atoms with van der Waals surface area (Å²) < 4.78 is 0. The summed E-state index contributed by atoms with van der Waals surface area (Å²) in [4.78, 5) is 12.2. The van der Waals surface area contributed by atoms with Crippen LogP contribution in [0, 0.1) is 0 Å². The van der Waals surface area contributed by atoms with Gasteiger partial charge in [0, 0.05) is 5.02 Å². The van der Waals surface area contributed by atoms with Crippen molar-refractivity contribution in [2.24, 2.45) is 5.10 Å². The van der Waals surface area contributed by atoms with Gasteiger partial charge in [0.2, 0.25) is 0 Å². The second kappa shape index (κ2) is 7.85. The van der Waals surface area contributed by atoms with E-state index in [0.717, 1.165) is 16.7 Å². The van der Waals surface area contributed by atoms with Gasteiger partial charge in [-0.25, -0.2) is 5.43 Å². The molecule has 0 fully saturated rings. The van der Waals surface area contributed by atoms with Gasteiger partial charge in [-0.2, -0.15) is 5.10 Å². The van der Waals surface area contributed by atoms with Crippen molar-refractivity contribution in [3.8, 4) is 16.9 Å². The van der Waals surface area contributed by atoms with Gasteiger partial charge in [-0.3, -0.25) is 4.79 Å². The molecule has 0 aliphatic rings. The number of nitrogens with zero attached hydrogens (tertiary/aromatic N) is 1. The number of rotatable bonds is 4. The molecular formula is C21H17ClN2O2. The van der Waals surface area contributed by atoms with Crippen LogP contribution in [0.1, 0.15) is 22.8 Å². The monoisotopic (exact) mass is 364 g/mol. The van der Waals surface area contributed by atoms with E-state index in [9.17, 15) is 9.90 Å². The van der Waals surface area contributed by atoms with E-state index in [-0.39, 0.29) is 11.3 Å². The molecule has 3 rings (SSSR count). The lowest BCUT2D eigenvalue weighted by Gasteiger charge is -2.06. The Morgan fingerprint density at radius 2 is 1.62 bits per heavy atom. The molecule has 0 spiro atoms. The Morgan fingerprint density at radius 1 is 0.962 bits per heavy atom. The van der Waals surface area contributed by atoms with Gasteiger partial charge in [0.05, 0.1) is 11.3 Å². The van der Waals surface area contributed by atoms with E-state index >= 15 is 0 Å². The Balaban J connectivity index is 1.73. The first-order valence-electron chi connectivity index (χ1n) is 8.03. The van der Waals surface area contributed by atoms with E-state index in [1.165, 1.54) is 18.2 Å². The summed E-state index contributed by atoms with van der Waals surface area (Å²) in [5, 5.41) is 14.2. The Hall–Kier alpha value is -3.11. The van der Waals surface area contributed by atoms with Crippen LogP contribution in [0.4, 0.5) is 0 Å². The first-order valence-corrected chi connectivity index (χ1v) is 8.41. The van der Waals surface area contributed by atoms with Crippen LogP contribution in [-0.4, -0.2) is 16.7 Å². The highest BCUT2D eigenvalue weighted by atomic mass is 35.5. The summed E-state index contributed by atoms with van der Waals surface area (Å²) in [6, 6.07) is 22.3. The molecule has 0 bridgehead atoms. The van der Waals surface area contributed by atoms with Gasteiger partial charge in [-0.1, -0.05) is 66.2 Å². The standard InChI is InChI=1S/C21H17ClN2O2/c1-14(23-24-21(26)19-13-18(22)11-12-20(19)25)15-7-9-17(10-8-15)16-5-3-2-4-6-16/h2-13,25H,1H3,(H,24,26)/b23-14+. The van der Waals surface area contributed by atoms with Gasteiger partial charge in [0.15, 0.2) is 0 Å². The second-order valence-electron chi connectivity index (χ2n) is 5.74. The fourth-order valence-corrected chi connectivity index (χ4v) is 2.66. The third-order valence-electron chi connectivity index (χ3n) is 3.94. The first kappa shape index (κ1) is 17.7. The zero-order valence-corrected chi connectivity index (χ0v) is 14.9. The summed E-state index contributed by atoms with van der Waals surface area (Å²) in [5.74, 6) is -0.669. The van der Waals surface area contributed by atoms with Gasteiger partial charge in [0.1, 0.15) is 5.75 Å². The lowest BCUT2D eigenvalue weighted by atomic mass is 10.0. The van der Waals surface area contributed by atoms with Gasteiger partial charge < -0.3 is 5.11 Å². The molecule has 0 unspecified atom stereocenters. The maximum Gasteiger partial charge on any atom is 0.275 e. The zero-order chi connectivity index (χ0) is 18.5. The van der Waals surface area contributed by atoms with Crippen LogP contribution in [-0.2, 0) is 0 Å². The van der Waals surface area contributed by atoms with Crippen molar-refractivity contribution < 1.29 is 9.90 Å². The maximum absolute atomic E-state index is 12.2. The highest BCUT2D eigenvalue weighted by molar-refractivity contribution is 6.31. The quantitative estimate of drug-likeness (QED) is 0.512. The van der Waals surface area contributed by atoms with Gasteiger partial charge in [-0.05, 0) is 41.8 Å². The van der Waals surface area contributed by atoms with Crippen LogP contribution in [0.3, 0.4) is 0 Å². The number of hydrazone groups is 1. The number of hydrogen-bond donors (Lipinski definition) is 2. The van der Waals surface area contributed by atoms with Crippen LogP contribution in [0.15, 0.2) is 77.9 Å². The number of phenolic OH excluding ortho intramolecular Hbond substituents is 1. The number of carbonyl (C=O) groups excluding carboxylic acids is 1. The van der Waals surface area contributed by atoms with Crippen molar-refractivity contribution in [3.63, 3.8) is 0 Å². The van der Waals surface area contributed by atoms with Gasteiger partial charge >= 0.3 is 0 Å². The molecule has 0 radical (unpaired) electrons. The molecule has 5 heteroatoms. The molecule has 0 saturated heterocycles. The van der Waals surface area contributed by atoms with Crippen LogP contribution in [0.5, 0.6) is 5.75 Å². The number of benzene rings is 3. The van der Waals surface area contributed by atoms with Crippen LogP contribution in [0.25, 0.3) is 11.1 Å². The van der Waals surface area contributed by atoms with E-state index < -0.39 is 5.91 Å². The van der Waals surface area contributed by atoms with Crippen molar-refractivity contribution in [2.45, 2.75) is 6.92 Å². The topological polar surface area (TPSA) is 61.7 Å². The minimum Gasteiger partial charge on any atom is -0.507 e. The van der Waals surface area contributed by atoms with Crippen molar-refractivity contribution >= 4 is 23.2 Å². The molecule has 0 aromatic heterocycles. The van der Waals surface area contributed by atoms with Gasteiger partial charge in [0.25, 0.3) is 5.91 Å². The summed E-state index contributed by atoms with van der Waals surface area (Å²) >= 11 is 5.86. The molecule has 3 aromatic carbocycles. The SMILES string of the molecule is C/C(=N\NC(=O)c1cc(Cl)ccc1O)c1ccc(-c2ccccc2)cc1. The molecule has 0 saturated carbocycles. The molecule has 2 N–H and O–H groups in total. The number of aromatic hydroxyl groups is 1. The first-order chi connectivity index (χ1) is 12.5. The normalized spacial score (nSPS) is 11.2. The van der Waals surface area contributed by atoms with Crippen LogP contribution < -0.4 is 5.43 Å². The second-order valence-corrected chi connectivity index (χ2v) is 6.18. The summed E-state index contributed by atoms with van der Waals surface area (Å²) in [7, 11) is 0. The molecule has 0 aliphatic heterocycles. The molecule has 26 heavy (non-hydrogen) atoms. The lowest BCUT2D eigenvalue weighted by molar-refractivity contribution is 0.0952. The van der Waals surface area contributed by atoms with Crippen molar-refractivity contribution in [1.82, 2.24) is 5.43 Å². The average molecular weight is 365 g/mol.